The largest absolute Gasteiger partial charge is 0.376 e. The zero-order chi connectivity index (χ0) is 17.7. The molecular formula is C18H28N2O3S. The number of benzene rings is 1. The van der Waals surface area contributed by atoms with E-state index in [4.69, 9.17) is 0 Å². The smallest absolute Gasteiger partial charge is 0.242 e. The Morgan fingerprint density at radius 1 is 1.21 bits per heavy atom. The number of carbonyl (C=O) groups excluding carboxylic acids is 1. The van der Waals surface area contributed by atoms with Gasteiger partial charge < -0.3 is 10.2 Å². The van der Waals surface area contributed by atoms with Gasteiger partial charge in [-0.25, -0.2) is 8.42 Å². The van der Waals surface area contributed by atoms with Crippen molar-refractivity contribution in [3.05, 3.63) is 29.3 Å². The van der Waals surface area contributed by atoms with E-state index in [2.05, 4.69) is 31.3 Å². The monoisotopic (exact) mass is 352 g/mol. The molecule has 0 bridgehead atoms. The zero-order valence-electron chi connectivity index (χ0n) is 14.8. The van der Waals surface area contributed by atoms with Gasteiger partial charge in [0.05, 0.1) is 18.1 Å². The summed E-state index contributed by atoms with van der Waals surface area (Å²) in [5.41, 5.74) is 3.45. The molecule has 0 aliphatic carbocycles. The molecule has 5 nitrogen and oxygen atoms in total. The van der Waals surface area contributed by atoms with Crippen LogP contribution >= 0.6 is 0 Å². The number of nitrogens with one attached hydrogen (secondary N) is 1. The Hall–Kier alpha value is -1.56. The van der Waals surface area contributed by atoms with Crippen LogP contribution in [0.3, 0.4) is 0 Å². The van der Waals surface area contributed by atoms with Crippen LogP contribution in [0.2, 0.25) is 0 Å². The Balaban J connectivity index is 2.07. The van der Waals surface area contributed by atoms with Crippen LogP contribution in [0, 0.1) is 0 Å². The molecule has 1 aromatic carbocycles. The number of amides is 1. The van der Waals surface area contributed by atoms with E-state index in [-0.39, 0.29) is 30.0 Å². The highest BCUT2D eigenvalue weighted by Crippen LogP contribution is 2.23. The van der Waals surface area contributed by atoms with Crippen molar-refractivity contribution in [3.63, 3.8) is 0 Å². The molecule has 1 N–H and O–H groups in total. The summed E-state index contributed by atoms with van der Waals surface area (Å²) in [5, 5.41) is 3.30. The molecule has 2 rings (SSSR count). The molecule has 0 saturated carbocycles. The molecule has 0 aromatic heterocycles. The number of hydrogen-bond donors (Lipinski definition) is 1. The van der Waals surface area contributed by atoms with Gasteiger partial charge >= 0.3 is 0 Å². The highest BCUT2D eigenvalue weighted by molar-refractivity contribution is 7.91. The van der Waals surface area contributed by atoms with Crippen LogP contribution in [0.1, 0.15) is 38.3 Å². The van der Waals surface area contributed by atoms with Crippen LogP contribution in [-0.2, 0) is 27.5 Å². The van der Waals surface area contributed by atoms with Gasteiger partial charge in [-0.15, -0.1) is 0 Å². The quantitative estimate of drug-likeness (QED) is 0.817. The minimum absolute atomic E-state index is 0.0347. The van der Waals surface area contributed by atoms with Crippen molar-refractivity contribution in [3.8, 4) is 0 Å². The van der Waals surface area contributed by atoms with Gasteiger partial charge in [-0.1, -0.05) is 32.0 Å². The minimum atomic E-state index is -2.99. The van der Waals surface area contributed by atoms with E-state index in [1.165, 1.54) is 11.1 Å². The third-order valence-corrected chi connectivity index (χ3v) is 6.48. The molecule has 1 aromatic rings. The SMILES string of the molecule is CCc1cccc(CC)c1NCC(=O)N(CC)C1CCS(=O)(=O)C1. The number of para-hydroxylation sites is 1. The second-order valence-corrected chi connectivity index (χ2v) is 8.48. The summed E-state index contributed by atoms with van der Waals surface area (Å²) < 4.78 is 23.4. The molecule has 1 heterocycles. The first-order valence-corrected chi connectivity index (χ1v) is 10.6. The van der Waals surface area contributed by atoms with Gasteiger partial charge in [0.15, 0.2) is 9.84 Å². The van der Waals surface area contributed by atoms with Crippen molar-refractivity contribution >= 4 is 21.4 Å². The fourth-order valence-electron chi connectivity index (χ4n) is 3.39. The van der Waals surface area contributed by atoms with E-state index in [9.17, 15) is 13.2 Å². The molecule has 134 valence electrons. The van der Waals surface area contributed by atoms with Gasteiger partial charge in [0.2, 0.25) is 5.91 Å². The van der Waals surface area contributed by atoms with Crippen molar-refractivity contribution in [2.24, 2.45) is 0 Å². The lowest BCUT2D eigenvalue weighted by molar-refractivity contribution is -0.130. The highest BCUT2D eigenvalue weighted by Gasteiger charge is 2.33. The topological polar surface area (TPSA) is 66.5 Å². The lowest BCUT2D eigenvalue weighted by Gasteiger charge is -2.27. The average Bonchev–Trinajstić information content (AvgIpc) is 2.92. The standard InChI is InChI=1S/C18H28N2O3S/c1-4-14-8-7-9-15(5-2)18(14)19-12-17(21)20(6-3)16-10-11-24(22,23)13-16/h7-9,16,19H,4-6,10-13H2,1-3H3. The van der Waals surface area contributed by atoms with Crippen LogP contribution in [0.15, 0.2) is 18.2 Å². The van der Waals surface area contributed by atoms with Crippen molar-refractivity contribution in [1.29, 1.82) is 0 Å². The molecule has 1 fully saturated rings. The lowest BCUT2D eigenvalue weighted by atomic mass is 10.0. The second-order valence-electron chi connectivity index (χ2n) is 6.25. The third-order valence-electron chi connectivity index (χ3n) is 4.73. The molecule has 6 heteroatoms. The minimum Gasteiger partial charge on any atom is -0.376 e. The first kappa shape index (κ1) is 18.8. The van der Waals surface area contributed by atoms with Crippen molar-refractivity contribution in [1.82, 2.24) is 4.90 Å². The second kappa shape index (κ2) is 8.01. The normalized spacial score (nSPS) is 19.2. The van der Waals surface area contributed by atoms with Crippen LogP contribution in [0.25, 0.3) is 0 Å². The number of anilines is 1. The number of sulfone groups is 1. The number of likely N-dealkylation sites (N-methyl/N-ethyl adjacent to an activating group) is 1. The Kier molecular flexibility index (Phi) is 6.27. The Morgan fingerprint density at radius 2 is 1.83 bits per heavy atom. The summed E-state index contributed by atoms with van der Waals surface area (Å²) in [7, 11) is -2.99. The molecule has 1 unspecified atom stereocenters. The molecule has 24 heavy (non-hydrogen) atoms. The lowest BCUT2D eigenvalue weighted by Crippen LogP contribution is -2.43. The van der Waals surface area contributed by atoms with E-state index in [1.807, 2.05) is 13.0 Å². The van der Waals surface area contributed by atoms with Gasteiger partial charge in [0.25, 0.3) is 0 Å². The molecule has 1 atom stereocenters. The Bertz CT molecular complexity index is 663. The molecule has 1 amide bonds. The van der Waals surface area contributed by atoms with Crippen molar-refractivity contribution < 1.29 is 13.2 Å². The van der Waals surface area contributed by atoms with Crippen molar-refractivity contribution in [2.45, 2.75) is 46.1 Å². The number of rotatable bonds is 7. The average molecular weight is 353 g/mol. The van der Waals surface area contributed by atoms with E-state index >= 15 is 0 Å². The van der Waals surface area contributed by atoms with Gasteiger partial charge in [0, 0.05) is 18.3 Å². The molecule has 1 saturated heterocycles. The Labute approximate surface area is 145 Å². The first-order chi connectivity index (χ1) is 11.4. The molecular weight excluding hydrogens is 324 g/mol. The summed E-state index contributed by atoms with van der Waals surface area (Å²) in [4.78, 5) is 14.3. The number of aryl methyl sites for hydroxylation is 2. The van der Waals surface area contributed by atoms with E-state index < -0.39 is 9.84 Å². The molecule has 0 radical (unpaired) electrons. The fraction of sp³-hybridized carbons (Fsp3) is 0.611. The Morgan fingerprint density at radius 3 is 2.29 bits per heavy atom. The predicted molar refractivity (Wildman–Crippen MR) is 98.1 cm³/mol. The summed E-state index contributed by atoms with van der Waals surface area (Å²) >= 11 is 0. The summed E-state index contributed by atoms with van der Waals surface area (Å²) in [6.45, 7) is 6.85. The zero-order valence-corrected chi connectivity index (χ0v) is 15.7. The first-order valence-electron chi connectivity index (χ1n) is 8.76. The molecule has 0 spiro atoms. The number of carbonyl (C=O) groups is 1. The van der Waals surface area contributed by atoms with E-state index in [0.29, 0.717) is 13.0 Å². The predicted octanol–water partition coefficient (Wildman–Crippen LogP) is 2.26. The third kappa shape index (κ3) is 4.29. The van der Waals surface area contributed by atoms with Crippen LogP contribution in [-0.4, -0.2) is 49.9 Å². The van der Waals surface area contributed by atoms with Gasteiger partial charge in [-0.05, 0) is 37.3 Å². The highest BCUT2D eigenvalue weighted by atomic mass is 32.2. The van der Waals surface area contributed by atoms with E-state index in [1.54, 1.807) is 4.90 Å². The number of hydrogen-bond acceptors (Lipinski definition) is 4. The molecule has 1 aliphatic rings. The van der Waals surface area contributed by atoms with Gasteiger partial charge in [-0.3, -0.25) is 4.79 Å². The van der Waals surface area contributed by atoms with E-state index in [0.717, 1.165) is 18.5 Å². The van der Waals surface area contributed by atoms with Gasteiger partial charge in [-0.2, -0.15) is 0 Å². The maximum absolute atomic E-state index is 12.6. The van der Waals surface area contributed by atoms with Gasteiger partial charge in [0.1, 0.15) is 0 Å². The maximum atomic E-state index is 12.6. The number of nitrogens with zero attached hydrogens (tertiary/aromatic N) is 1. The summed E-state index contributed by atoms with van der Waals surface area (Å²) in [6, 6.07) is 6.02. The molecule has 1 aliphatic heterocycles. The maximum Gasteiger partial charge on any atom is 0.242 e. The fourth-order valence-corrected chi connectivity index (χ4v) is 5.13. The van der Waals surface area contributed by atoms with Crippen molar-refractivity contribution in [2.75, 3.05) is 29.9 Å². The van der Waals surface area contributed by atoms with Crippen LogP contribution in [0.5, 0.6) is 0 Å². The van der Waals surface area contributed by atoms with Crippen LogP contribution in [0.4, 0.5) is 5.69 Å². The summed E-state index contributed by atoms with van der Waals surface area (Å²) in [6.07, 6.45) is 2.36. The summed E-state index contributed by atoms with van der Waals surface area (Å²) in [5.74, 6) is 0.249. The van der Waals surface area contributed by atoms with Crippen LogP contribution < -0.4 is 5.32 Å².